The van der Waals surface area contributed by atoms with Gasteiger partial charge in [-0.05, 0) is 25.0 Å². The standard InChI is InChI=1S/C18H23N5O2/c24-18(23-9-11-25-12-10-23)21-14-5-7-22(8-6-14)17-15-3-1-2-4-16(15)19-13-20-17/h1-4,13-14H,5-12H2,(H,21,24). The van der Waals surface area contributed by atoms with E-state index < -0.39 is 0 Å². The fourth-order valence-corrected chi connectivity index (χ4v) is 3.51. The highest BCUT2D eigenvalue weighted by Crippen LogP contribution is 2.25. The van der Waals surface area contributed by atoms with Gasteiger partial charge in [-0.2, -0.15) is 0 Å². The molecule has 7 nitrogen and oxygen atoms in total. The summed E-state index contributed by atoms with van der Waals surface area (Å²) in [6.45, 7) is 4.39. The maximum absolute atomic E-state index is 12.3. The zero-order valence-corrected chi connectivity index (χ0v) is 14.2. The number of carbonyl (C=O) groups excluding carboxylic acids is 1. The number of nitrogens with zero attached hydrogens (tertiary/aromatic N) is 4. The number of nitrogens with one attached hydrogen (secondary N) is 1. The normalized spacial score (nSPS) is 19.2. The Morgan fingerprint density at radius 1 is 1.08 bits per heavy atom. The first-order valence-corrected chi connectivity index (χ1v) is 8.89. The van der Waals surface area contributed by atoms with Crippen LogP contribution in [0.15, 0.2) is 30.6 Å². The van der Waals surface area contributed by atoms with Crippen LogP contribution in [-0.4, -0.2) is 66.3 Å². The number of hydrogen-bond donors (Lipinski definition) is 1. The summed E-state index contributed by atoms with van der Waals surface area (Å²) >= 11 is 0. The molecule has 2 aromatic rings. The number of amides is 2. The van der Waals surface area contributed by atoms with Crippen molar-refractivity contribution in [3.05, 3.63) is 30.6 Å². The van der Waals surface area contributed by atoms with E-state index in [0.717, 1.165) is 42.7 Å². The lowest BCUT2D eigenvalue weighted by atomic mass is 10.0. The second-order valence-electron chi connectivity index (χ2n) is 6.52. The summed E-state index contributed by atoms with van der Waals surface area (Å²) < 4.78 is 5.30. The average Bonchev–Trinajstić information content (AvgIpc) is 2.69. The van der Waals surface area contributed by atoms with Crippen LogP contribution < -0.4 is 10.2 Å². The number of anilines is 1. The molecule has 0 radical (unpaired) electrons. The highest BCUT2D eigenvalue weighted by Gasteiger charge is 2.25. The number of urea groups is 1. The van der Waals surface area contributed by atoms with Gasteiger partial charge in [0.25, 0.3) is 0 Å². The van der Waals surface area contributed by atoms with Crippen LogP contribution in [0.5, 0.6) is 0 Å². The predicted molar refractivity (Wildman–Crippen MR) is 95.7 cm³/mol. The second kappa shape index (κ2) is 7.23. The number of morpholine rings is 1. The van der Waals surface area contributed by atoms with Crippen molar-refractivity contribution in [2.24, 2.45) is 0 Å². The molecule has 2 saturated heterocycles. The fourth-order valence-electron chi connectivity index (χ4n) is 3.51. The number of hydrogen-bond acceptors (Lipinski definition) is 5. The van der Waals surface area contributed by atoms with Gasteiger partial charge in [0, 0.05) is 37.6 Å². The van der Waals surface area contributed by atoms with E-state index in [1.165, 1.54) is 0 Å². The van der Waals surface area contributed by atoms with E-state index in [0.29, 0.717) is 26.3 Å². The molecular weight excluding hydrogens is 318 g/mol. The van der Waals surface area contributed by atoms with Crippen LogP contribution >= 0.6 is 0 Å². The molecule has 2 fully saturated rings. The molecule has 4 rings (SSSR count). The van der Waals surface area contributed by atoms with E-state index in [1.807, 2.05) is 23.1 Å². The molecular formula is C18H23N5O2. The van der Waals surface area contributed by atoms with Crippen molar-refractivity contribution in [1.82, 2.24) is 20.2 Å². The number of para-hydroxylation sites is 1. The van der Waals surface area contributed by atoms with Gasteiger partial charge in [0.2, 0.25) is 0 Å². The monoisotopic (exact) mass is 341 g/mol. The molecule has 0 saturated carbocycles. The van der Waals surface area contributed by atoms with Crippen molar-refractivity contribution in [2.75, 3.05) is 44.3 Å². The first-order valence-electron chi connectivity index (χ1n) is 8.89. The maximum Gasteiger partial charge on any atom is 0.317 e. The van der Waals surface area contributed by atoms with E-state index in [-0.39, 0.29) is 12.1 Å². The van der Waals surface area contributed by atoms with Crippen molar-refractivity contribution in [1.29, 1.82) is 0 Å². The summed E-state index contributed by atoms with van der Waals surface area (Å²) in [6.07, 6.45) is 3.48. The molecule has 1 aromatic heterocycles. The molecule has 2 aliphatic rings. The van der Waals surface area contributed by atoms with Crippen molar-refractivity contribution in [3.8, 4) is 0 Å². The van der Waals surface area contributed by atoms with Gasteiger partial charge >= 0.3 is 6.03 Å². The zero-order valence-electron chi connectivity index (χ0n) is 14.2. The third-order valence-electron chi connectivity index (χ3n) is 4.94. The number of carbonyl (C=O) groups is 1. The smallest absolute Gasteiger partial charge is 0.317 e. The number of piperidine rings is 1. The van der Waals surface area contributed by atoms with Gasteiger partial charge in [-0.1, -0.05) is 12.1 Å². The van der Waals surface area contributed by atoms with Crippen molar-refractivity contribution >= 4 is 22.8 Å². The minimum absolute atomic E-state index is 0.0363. The average molecular weight is 341 g/mol. The summed E-state index contributed by atoms with van der Waals surface area (Å²) in [5.74, 6) is 0.989. The Kier molecular flexibility index (Phi) is 4.65. The Morgan fingerprint density at radius 3 is 2.64 bits per heavy atom. The van der Waals surface area contributed by atoms with Gasteiger partial charge < -0.3 is 19.9 Å². The molecule has 1 aromatic carbocycles. The van der Waals surface area contributed by atoms with Gasteiger partial charge in [-0.15, -0.1) is 0 Å². The lowest BCUT2D eigenvalue weighted by Gasteiger charge is -2.35. The largest absolute Gasteiger partial charge is 0.378 e. The zero-order chi connectivity index (χ0) is 17.1. The summed E-state index contributed by atoms with van der Waals surface area (Å²) in [6, 6.07) is 8.35. The first kappa shape index (κ1) is 16.1. The molecule has 25 heavy (non-hydrogen) atoms. The Hall–Kier alpha value is -2.41. The molecule has 2 amide bonds. The molecule has 1 N–H and O–H groups in total. The summed E-state index contributed by atoms with van der Waals surface area (Å²) in [4.78, 5) is 25.3. The molecule has 0 bridgehead atoms. The van der Waals surface area contributed by atoms with E-state index >= 15 is 0 Å². The first-order chi connectivity index (χ1) is 12.3. The number of benzene rings is 1. The van der Waals surface area contributed by atoms with E-state index in [2.05, 4.69) is 26.3 Å². The quantitative estimate of drug-likeness (QED) is 0.899. The Balaban J connectivity index is 1.37. The van der Waals surface area contributed by atoms with Crippen LogP contribution in [-0.2, 0) is 4.74 Å². The Bertz CT molecular complexity index is 734. The Morgan fingerprint density at radius 2 is 1.84 bits per heavy atom. The van der Waals surface area contributed by atoms with Gasteiger partial charge in [0.1, 0.15) is 12.1 Å². The molecule has 0 spiro atoms. The fraction of sp³-hybridized carbons (Fsp3) is 0.500. The molecule has 2 aliphatic heterocycles. The highest BCUT2D eigenvalue weighted by atomic mass is 16.5. The SMILES string of the molecule is O=C(NC1CCN(c2ncnc3ccccc23)CC1)N1CCOCC1. The molecule has 132 valence electrons. The van der Waals surface area contributed by atoms with Crippen LogP contribution in [0, 0.1) is 0 Å². The molecule has 0 atom stereocenters. The third kappa shape index (κ3) is 3.51. The van der Waals surface area contributed by atoms with E-state index in [1.54, 1.807) is 6.33 Å². The number of aromatic nitrogens is 2. The van der Waals surface area contributed by atoms with Crippen LogP contribution in [0.1, 0.15) is 12.8 Å². The summed E-state index contributed by atoms with van der Waals surface area (Å²) in [5.41, 5.74) is 0.968. The van der Waals surface area contributed by atoms with Crippen LogP contribution in [0.2, 0.25) is 0 Å². The van der Waals surface area contributed by atoms with Crippen molar-refractivity contribution in [2.45, 2.75) is 18.9 Å². The molecule has 0 aliphatic carbocycles. The minimum atomic E-state index is 0.0363. The van der Waals surface area contributed by atoms with Crippen LogP contribution in [0.4, 0.5) is 10.6 Å². The topological polar surface area (TPSA) is 70.6 Å². The van der Waals surface area contributed by atoms with Gasteiger partial charge in [0.15, 0.2) is 0 Å². The van der Waals surface area contributed by atoms with Crippen molar-refractivity contribution in [3.63, 3.8) is 0 Å². The van der Waals surface area contributed by atoms with Crippen LogP contribution in [0.3, 0.4) is 0 Å². The third-order valence-corrected chi connectivity index (χ3v) is 4.94. The number of rotatable bonds is 2. The number of ether oxygens (including phenoxy) is 1. The lowest BCUT2D eigenvalue weighted by Crippen LogP contribution is -2.52. The van der Waals surface area contributed by atoms with E-state index in [4.69, 9.17) is 4.74 Å². The minimum Gasteiger partial charge on any atom is -0.378 e. The summed E-state index contributed by atoms with van der Waals surface area (Å²) in [5, 5.41) is 4.25. The van der Waals surface area contributed by atoms with Gasteiger partial charge in [0.05, 0.1) is 18.7 Å². The Labute approximate surface area is 147 Å². The second-order valence-corrected chi connectivity index (χ2v) is 6.52. The molecule has 7 heteroatoms. The van der Waals surface area contributed by atoms with Gasteiger partial charge in [-0.3, -0.25) is 0 Å². The van der Waals surface area contributed by atoms with Crippen molar-refractivity contribution < 1.29 is 9.53 Å². The lowest BCUT2D eigenvalue weighted by molar-refractivity contribution is 0.0523. The van der Waals surface area contributed by atoms with Gasteiger partial charge in [-0.25, -0.2) is 14.8 Å². The predicted octanol–water partition coefficient (Wildman–Crippen LogP) is 1.64. The molecule has 0 unspecified atom stereocenters. The summed E-state index contributed by atoms with van der Waals surface area (Å²) in [7, 11) is 0. The van der Waals surface area contributed by atoms with Crippen LogP contribution in [0.25, 0.3) is 10.9 Å². The highest BCUT2D eigenvalue weighted by molar-refractivity contribution is 5.89. The number of fused-ring (bicyclic) bond motifs is 1. The van der Waals surface area contributed by atoms with E-state index in [9.17, 15) is 4.79 Å². The maximum atomic E-state index is 12.3. The molecule has 3 heterocycles.